The maximum atomic E-state index is 12.3. The van der Waals surface area contributed by atoms with Gasteiger partial charge in [-0.2, -0.15) is 0 Å². The van der Waals surface area contributed by atoms with E-state index in [2.05, 4.69) is 20.8 Å². The molecule has 0 radical (unpaired) electrons. The zero-order valence-corrected chi connectivity index (χ0v) is 16.9. The van der Waals surface area contributed by atoms with Crippen LogP contribution in [0.15, 0.2) is 22.5 Å². The van der Waals surface area contributed by atoms with Crippen LogP contribution in [0.25, 0.3) is 0 Å². The first-order chi connectivity index (χ1) is 12.6. The number of benzene rings is 1. The number of aromatic nitrogens is 2. The van der Waals surface area contributed by atoms with Gasteiger partial charge in [0.2, 0.25) is 11.0 Å². The number of rotatable bonds is 8. The van der Waals surface area contributed by atoms with Crippen LogP contribution >= 0.6 is 34.7 Å². The molecule has 2 saturated carbocycles. The minimum atomic E-state index is 0.105. The minimum Gasteiger partial charge on any atom is -0.352 e. The van der Waals surface area contributed by atoms with Gasteiger partial charge >= 0.3 is 0 Å². The van der Waals surface area contributed by atoms with Gasteiger partial charge in [0, 0.05) is 16.8 Å². The highest BCUT2D eigenvalue weighted by Crippen LogP contribution is 2.44. The van der Waals surface area contributed by atoms with E-state index in [0.717, 1.165) is 27.4 Å². The summed E-state index contributed by atoms with van der Waals surface area (Å²) in [5, 5.41) is 16.1. The fourth-order valence-electron chi connectivity index (χ4n) is 3.00. The summed E-state index contributed by atoms with van der Waals surface area (Å²) in [5.74, 6) is 1.93. The fraction of sp³-hybridized carbons (Fsp3) is 0.500. The van der Waals surface area contributed by atoms with Crippen molar-refractivity contribution in [3.05, 3.63) is 28.8 Å². The van der Waals surface area contributed by atoms with Crippen LogP contribution in [0.3, 0.4) is 0 Å². The van der Waals surface area contributed by atoms with Gasteiger partial charge in [0.15, 0.2) is 4.34 Å². The summed E-state index contributed by atoms with van der Waals surface area (Å²) in [5.41, 5.74) is 1.91. The highest BCUT2D eigenvalue weighted by molar-refractivity contribution is 8.01. The molecule has 1 heterocycles. The number of hydrogen-bond acceptors (Lipinski definition) is 6. The highest BCUT2D eigenvalue weighted by Gasteiger charge is 2.42. The number of carbonyl (C=O) groups excluding carboxylic acids is 1. The lowest BCUT2D eigenvalue weighted by molar-refractivity contribution is -0.119. The Morgan fingerprint density at radius 1 is 1.31 bits per heavy atom. The summed E-state index contributed by atoms with van der Waals surface area (Å²) in [4.78, 5) is 12.3. The van der Waals surface area contributed by atoms with E-state index in [9.17, 15) is 4.79 Å². The van der Waals surface area contributed by atoms with Crippen LogP contribution in [0.4, 0.5) is 10.8 Å². The predicted molar refractivity (Wildman–Crippen MR) is 107 cm³/mol. The van der Waals surface area contributed by atoms with Crippen molar-refractivity contribution in [2.45, 2.75) is 43.0 Å². The number of thioether (sulfide) groups is 1. The Balaban J connectivity index is 1.27. The molecular formula is C18H21ClN4OS2. The standard InChI is InChI=1S/C18H21ClN4OS2/c1-10-2-7-13(8-14(10)19)20-17-22-23-18(26-17)25-9-15(24)21-16(11-3-4-11)12-5-6-12/h2,7-8,11-12,16H,3-6,9H2,1H3,(H,20,22)(H,21,24). The van der Waals surface area contributed by atoms with E-state index in [1.54, 1.807) is 0 Å². The van der Waals surface area contributed by atoms with Crippen LogP contribution in [-0.2, 0) is 4.79 Å². The maximum Gasteiger partial charge on any atom is 0.230 e. The van der Waals surface area contributed by atoms with E-state index in [1.807, 2.05) is 25.1 Å². The molecule has 2 aromatic rings. The molecule has 5 nitrogen and oxygen atoms in total. The van der Waals surface area contributed by atoms with Gasteiger partial charge in [-0.3, -0.25) is 4.79 Å². The van der Waals surface area contributed by atoms with Crippen LogP contribution < -0.4 is 10.6 Å². The molecule has 0 saturated heterocycles. The molecule has 0 atom stereocenters. The van der Waals surface area contributed by atoms with Crippen molar-refractivity contribution >= 4 is 51.4 Å². The predicted octanol–water partition coefficient (Wildman–Crippen LogP) is 4.64. The van der Waals surface area contributed by atoms with E-state index in [0.29, 0.717) is 21.9 Å². The van der Waals surface area contributed by atoms with Gasteiger partial charge < -0.3 is 10.6 Å². The summed E-state index contributed by atoms with van der Waals surface area (Å²) in [6.07, 6.45) is 5.07. The van der Waals surface area contributed by atoms with Gasteiger partial charge in [0.05, 0.1) is 5.75 Å². The molecule has 1 aromatic heterocycles. The van der Waals surface area contributed by atoms with Gasteiger partial charge in [-0.15, -0.1) is 10.2 Å². The number of halogens is 1. The molecule has 2 N–H and O–H groups in total. The van der Waals surface area contributed by atoms with Crippen molar-refractivity contribution < 1.29 is 4.79 Å². The second-order valence-corrected chi connectivity index (χ2v) is 9.63. The first-order valence-corrected chi connectivity index (χ1v) is 11.1. The van der Waals surface area contributed by atoms with Crippen LogP contribution in [0, 0.1) is 18.8 Å². The van der Waals surface area contributed by atoms with Crippen LogP contribution in [0.5, 0.6) is 0 Å². The van der Waals surface area contributed by atoms with Gasteiger partial charge in [0.25, 0.3) is 0 Å². The summed E-state index contributed by atoms with van der Waals surface area (Å²) < 4.78 is 0.787. The normalized spacial score (nSPS) is 16.7. The van der Waals surface area contributed by atoms with Crippen LogP contribution in [0.2, 0.25) is 5.02 Å². The first-order valence-electron chi connectivity index (χ1n) is 8.87. The molecule has 0 spiro atoms. The quantitative estimate of drug-likeness (QED) is 0.623. The summed E-state index contributed by atoms with van der Waals surface area (Å²) in [6.45, 7) is 1.97. The first kappa shape index (κ1) is 18.1. The Morgan fingerprint density at radius 3 is 2.69 bits per heavy atom. The van der Waals surface area contributed by atoms with Gasteiger partial charge in [0.1, 0.15) is 0 Å². The molecule has 1 amide bonds. The number of hydrogen-bond donors (Lipinski definition) is 2. The van der Waals surface area contributed by atoms with E-state index in [4.69, 9.17) is 11.6 Å². The fourth-order valence-corrected chi connectivity index (χ4v) is 4.76. The third kappa shape index (κ3) is 4.69. The number of carbonyl (C=O) groups is 1. The van der Waals surface area contributed by atoms with E-state index >= 15 is 0 Å². The van der Waals surface area contributed by atoms with Crippen LogP contribution in [-0.4, -0.2) is 27.9 Å². The zero-order chi connectivity index (χ0) is 18.1. The lowest BCUT2D eigenvalue weighted by atomic mass is 10.1. The van der Waals surface area contributed by atoms with Gasteiger partial charge in [-0.25, -0.2) is 0 Å². The Morgan fingerprint density at radius 2 is 2.04 bits per heavy atom. The van der Waals surface area contributed by atoms with Crippen molar-refractivity contribution in [1.29, 1.82) is 0 Å². The van der Waals surface area contributed by atoms with Gasteiger partial charge in [-0.05, 0) is 62.1 Å². The molecular weight excluding hydrogens is 388 g/mol. The molecule has 26 heavy (non-hydrogen) atoms. The number of nitrogens with zero attached hydrogens (tertiary/aromatic N) is 2. The molecule has 8 heteroatoms. The van der Waals surface area contributed by atoms with Crippen LogP contribution in [0.1, 0.15) is 31.2 Å². The third-order valence-electron chi connectivity index (χ3n) is 4.74. The molecule has 1 aromatic carbocycles. The lowest BCUT2D eigenvalue weighted by Gasteiger charge is -2.17. The Bertz CT molecular complexity index is 792. The minimum absolute atomic E-state index is 0.105. The Hall–Kier alpha value is -1.31. The molecule has 138 valence electrons. The molecule has 0 unspecified atom stereocenters. The Labute approximate surface area is 166 Å². The number of amides is 1. The summed E-state index contributed by atoms with van der Waals surface area (Å²) >= 11 is 9.02. The summed E-state index contributed by atoms with van der Waals surface area (Å²) in [7, 11) is 0. The highest BCUT2D eigenvalue weighted by atomic mass is 35.5. The molecule has 2 fully saturated rings. The number of nitrogens with one attached hydrogen (secondary N) is 2. The molecule has 2 aliphatic rings. The van der Waals surface area contributed by atoms with E-state index in [-0.39, 0.29) is 5.91 Å². The molecule has 4 rings (SSSR count). The van der Waals surface area contributed by atoms with Gasteiger partial charge in [-0.1, -0.05) is 40.8 Å². The lowest BCUT2D eigenvalue weighted by Crippen LogP contribution is -2.39. The SMILES string of the molecule is Cc1ccc(Nc2nnc(SCC(=O)NC(C3CC3)C3CC3)s2)cc1Cl. The van der Waals surface area contributed by atoms with E-state index in [1.165, 1.54) is 48.8 Å². The van der Waals surface area contributed by atoms with Crippen molar-refractivity contribution in [2.24, 2.45) is 11.8 Å². The monoisotopic (exact) mass is 408 g/mol. The summed E-state index contributed by atoms with van der Waals surface area (Å²) in [6, 6.07) is 6.19. The molecule has 2 aliphatic carbocycles. The number of aryl methyl sites for hydroxylation is 1. The van der Waals surface area contributed by atoms with Crippen molar-refractivity contribution in [1.82, 2.24) is 15.5 Å². The average molecular weight is 409 g/mol. The number of anilines is 2. The molecule has 0 bridgehead atoms. The maximum absolute atomic E-state index is 12.3. The molecule has 0 aliphatic heterocycles. The van der Waals surface area contributed by atoms with Crippen molar-refractivity contribution in [2.75, 3.05) is 11.1 Å². The zero-order valence-electron chi connectivity index (χ0n) is 14.5. The Kier molecular flexibility index (Phi) is 5.38. The largest absolute Gasteiger partial charge is 0.352 e. The average Bonchev–Trinajstić information content (AvgIpc) is 3.53. The second kappa shape index (κ2) is 7.74. The second-order valence-electron chi connectivity index (χ2n) is 7.02. The smallest absolute Gasteiger partial charge is 0.230 e. The topological polar surface area (TPSA) is 66.9 Å². The van der Waals surface area contributed by atoms with Crippen molar-refractivity contribution in [3.63, 3.8) is 0 Å². The van der Waals surface area contributed by atoms with Crippen molar-refractivity contribution in [3.8, 4) is 0 Å². The van der Waals surface area contributed by atoms with E-state index < -0.39 is 0 Å². The third-order valence-corrected chi connectivity index (χ3v) is 7.12.